The summed E-state index contributed by atoms with van der Waals surface area (Å²) in [6, 6.07) is 13.9. The minimum absolute atomic E-state index is 0.0891. The van der Waals surface area contributed by atoms with Gasteiger partial charge < -0.3 is 5.32 Å². The van der Waals surface area contributed by atoms with E-state index < -0.39 is 0 Å². The molecule has 0 unspecified atom stereocenters. The molecular weight excluding hydrogens is 334 g/mol. The van der Waals surface area contributed by atoms with E-state index in [0.29, 0.717) is 5.16 Å². The number of carbonyl (C=O) groups excluding carboxylic acids is 1. The molecular formula is C18H19N5OS. The Labute approximate surface area is 150 Å². The second-order valence-corrected chi connectivity index (χ2v) is 6.87. The predicted molar refractivity (Wildman–Crippen MR) is 99.2 cm³/mol. The number of hydrogen-bond donors (Lipinski definition) is 1. The van der Waals surface area contributed by atoms with E-state index in [0.717, 1.165) is 28.1 Å². The minimum atomic E-state index is -0.0891. The summed E-state index contributed by atoms with van der Waals surface area (Å²) in [4.78, 5) is 12.2. The first-order valence-corrected chi connectivity index (χ1v) is 8.86. The molecule has 0 bridgehead atoms. The Morgan fingerprint density at radius 1 is 1.08 bits per heavy atom. The molecule has 0 fully saturated rings. The van der Waals surface area contributed by atoms with E-state index in [-0.39, 0.29) is 11.7 Å². The third-order valence-corrected chi connectivity index (χ3v) is 4.44. The van der Waals surface area contributed by atoms with E-state index in [9.17, 15) is 4.79 Å². The van der Waals surface area contributed by atoms with Crippen LogP contribution >= 0.6 is 11.8 Å². The van der Waals surface area contributed by atoms with Crippen LogP contribution < -0.4 is 5.32 Å². The monoisotopic (exact) mass is 353 g/mol. The van der Waals surface area contributed by atoms with Crippen molar-refractivity contribution in [2.75, 3.05) is 11.1 Å². The van der Waals surface area contributed by atoms with Gasteiger partial charge in [-0.1, -0.05) is 30.0 Å². The van der Waals surface area contributed by atoms with Gasteiger partial charge >= 0.3 is 0 Å². The lowest BCUT2D eigenvalue weighted by Crippen LogP contribution is -2.14. The molecule has 0 radical (unpaired) electrons. The van der Waals surface area contributed by atoms with Crippen molar-refractivity contribution in [3.63, 3.8) is 0 Å². The predicted octanol–water partition coefficient (Wildman–Crippen LogP) is 3.32. The molecule has 128 valence electrons. The van der Waals surface area contributed by atoms with Crippen molar-refractivity contribution >= 4 is 23.4 Å². The molecule has 1 heterocycles. The Morgan fingerprint density at radius 3 is 2.56 bits per heavy atom. The summed E-state index contributed by atoms with van der Waals surface area (Å²) in [6.45, 7) is 6.03. The second-order valence-electron chi connectivity index (χ2n) is 5.93. The van der Waals surface area contributed by atoms with Crippen LogP contribution in [0.4, 0.5) is 5.69 Å². The number of aryl methyl sites for hydroxylation is 3. The number of carbonyl (C=O) groups is 1. The molecule has 3 aromatic rings. The molecule has 1 amide bonds. The van der Waals surface area contributed by atoms with Gasteiger partial charge in [-0.15, -0.1) is 5.10 Å². The zero-order valence-corrected chi connectivity index (χ0v) is 15.2. The number of benzene rings is 2. The number of amides is 1. The van der Waals surface area contributed by atoms with Gasteiger partial charge in [0.25, 0.3) is 0 Å². The molecule has 0 aliphatic rings. The van der Waals surface area contributed by atoms with Gasteiger partial charge in [0.2, 0.25) is 11.1 Å². The molecule has 1 N–H and O–H groups in total. The summed E-state index contributed by atoms with van der Waals surface area (Å²) in [6.07, 6.45) is 0. The second kappa shape index (κ2) is 7.48. The van der Waals surface area contributed by atoms with Crippen molar-refractivity contribution in [2.45, 2.75) is 25.9 Å². The molecule has 0 saturated heterocycles. The smallest absolute Gasteiger partial charge is 0.234 e. The van der Waals surface area contributed by atoms with E-state index in [2.05, 4.69) is 26.9 Å². The van der Waals surface area contributed by atoms with E-state index in [1.54, 1.807) is 4.68 Å². The quantitative estimate of drug-likeness (QED) is 0.713. The standard InChI is InChI=1S/C18H19N5OS/c1-12-5-4-6-16(10-12)23-18(20-21-22-23)25-11-17(24)19-15-8-13(2)7-14(3)9-15/h4-10H,11H2,1-3H3,(H,19,24). The largest absolute Gasteiger partial charge is 0.325 e. The van der Waals surface area contributed by atoms with Crippen LogP contribution in [-0.4, -0.2) is 31.9 Å². The van der Waals surface area contributed by atoms with Crippen molar-refractivity contribution in [3.05, 3.63) is 59.2 Å². The molecule has 0 saturated carbocycles. The highest BCUT2D eigenvalue weighted by Crippen LogP contribution is 2.20. The molecule has 0 spiro atoms. The number of hydrogen-bond acceptors (Lipinski definition) is 5. The van der Waals surface area contributed by atoms with Crippen molar-refractivity contribution < 1.29 is 4.79 Å². The summed E-state index contributed by atoms with van der Waals surface area (Å²) in [5.41, 5.74) is 5.04. The highest BCUT2D eigenvalue weighted by Gasteiger charge is 2.12. The molecule has 6 nitrogen and oxygen atoms in total. The van der Waals surface area contributed by atoms with Crippen molar-refractivity contribution in [1.29, 1.82) is 0 Å². The maximum atomic E-state index is 12.2. The number of tetrazole rings is 1. The fourth-order valence-electron chi connectivity index (χ4n) is 2.56. The number of rotatable bonds is 5. The number of aromatic nitrogens is 4. The molecule has 0 aliphatic carbocycles. The van der Waals surface area contributed by atoms with Gasteiger partial charge in [0.1, 0.15) is 0 Å². The number of thioether (sulfide) groups is 1. The third-order valence-electron chi connectivity index (χ3n) is 3.52. The lowest BCUT2D eigenvalue weighted by Gasteiger charge is -2.08. The molecule has 3 rings (SSSR count). The lowest BCUT2D eigenvalue weighted by atomic mass is 10.1. The van der Waals surface area contributed by atoms with Crippen LogP contribution in [0, 0.1) is 20.8 Å². The lowest BCUT2D eigenvalue weighted by molar-refractivity contribution is -0.113. The average molecular weight is 353 g/mol. The van der Waals surface area contributed by atoms with Crippen LogP contribution in [-0.2, 0) is 4.79 Å². The Kier molecular flexibility index (Phi) is 5.14. The van der Waals surface area contributed by atoms with Crippen LogP contribution in [0.5, 0.6) is 0 Å². The Bertz CT molecular complexity index is 886. The summed E-state index contributed by atoms with van der Waals surface area (Å²) in [5, 5.41) is 15.3. The molecule has 0 aliphatic heterocycles. The van der Waals surface area contributed by atoms with Crippen molar-refractivity contribution in [3.8, 4) is 5.69 Å². The Morgan fingerprint density at radius 2 is 1.84 bits per heavy atom. The van der Waals surface area contributed by atoms with E-state index in [1.165, 1.54) is 11.8 Å². The first kappa shape index (κ1) is 17.2. The maximum Gasteiger partial charge on any atom is 0.234 e. The van der Waals surface area contributed by atoms with E-state index >= 15 is 0 Å². The molecule has 1 aromatic heterocycles. The van der Waals surface area contributed by atoms with Gasteiger partial charge in [-0.2, -0.15) is 4.68 Å². The van der Waals surface area contributed by atoms with Crippen LogP contribution in [0.25, 0.3) is 5.69 Å². The SMILES string of the molecule is Cc1cc(C)cc(NC(=O)CSc2nnnn2-c2cccc(C)c2)c1. The van der Waals surface area contributed by atoms with Gasteiger partial charge in [-0.05, 0) is 72.2 Å². The first-order chi connectivity index (χ1) is 12.0. The first-order valence-electron chi connectivity index (χ1n) is 7.87. The molecule has 7 heteroatoms. The highest BCUT2D eigenvalue weighted by atomic mass is 32.2. The van der Waals surface area contributed by atoms with Gasteiger partial charge in [0, 0.05) is 5.69 Å². The summed E-state index contributed by atoms with van der Waals surface area (Å²) in [7, 11) is 0. The zero-order chi connectivity index (χ0) is 17.8. The number of nitrogens with one attached hydrogen (secondary N) is 1. The van der Waals surface area contributed by atoms with Crippen LogP contribution in [0.3, 0.4) is 0 Å². The normalized spacial score (nSPS) is 10.7. The summed E-state index contributed by atoms with van der Waals surface area (Å²) >= 11 is 1.30. The van der Waals surface area contributed by atoms with Gasteiger partial charge in [-0.25, -0.2) is 0 Å². The summed E-state index contributed by atoms with van der Waals surface area (Å²) in [5.74, 6) is 0.146. The van der Waals surface area contributed by atoms with Gasteiger partial charge in [-0.3, -0.25) is 4.79 Å². The van der Waals surface area contributed by atoms with E-state index in [4.69, 9.17) is 0 Å². The zero-order valence-electron chi connectivity index (χ0n) is 14.4. The fraction of sp³-hybridized carbons (Fsp3) is 0.222. The fourth-order valence-corrected chi connectivity index (χ4v) is 3.26. The van der Waals surface area contributed by atoms with Crippen molar-refractivity contribution in [1.82, 2.24) is 20.2 Å². The number of anilines is 1. The summed E-state index contributed by atoms with van der Waals surface area (Å²) < 4.78 is 1.64. The van der Waals surface area contributed by atoms with Crippen LogP contribution in [0.15, 0.2) is 47.6 Å². The van der Waals surface area contributed by atoms with Gasteiger partial charge in [0.15, 0.2) is 0 Å². The maximum absolute atomic E-state index is 12.2. The van der Waals surface area contributed by atoms with Gasteiger partial charge in [0.05, 0.1) is 11.4 Å². The Balaban J connectivity index is 1.66. The molecule has 25 heavy (non-hydrogen) atoms. The Hall–Kier alpha value is -2.67. The molecule has 0 atom stereocenters. The highest BCUT2D eigenvalue weighted by molar-refractivity contribution is 7.99. The van der Waals surface area contributed by atoms with Crippen LogP contribution in [0.1, 0.15) is 16.7 Å². The van der Waals surface area contributed by atoms with Crippen molar-refractivity contribution in [2.24, 2.45) is 0 Å². The third kappa shape index (κ3) is 4.45. The topological polar surface area (TPSA) is 72.7 Å². The van der Waals surface area contributed by atoms with E-state index in [1.807, 2.05) is 57.2 Å². The average Bonchev–Trinajstić information content (AvgIpc) is 3.00. The van der Waals surface area contributed by atoms with Crippen LogP contribution in [0.2, 0.25) is 0 Å². The minimum Gasteiger partial charge on any atom is -0.325 e. The molecule has 2 aromatic carbocycles. The number of nitrogens with zero attached hydrogens (tertiary/aromatic N) is 4.